The Kier molecular flexibility index (Phi) is 5.48. The lowest BCUT2D eigenvalue weighted by molar-refractivity contribution is -0.142. The number of esters is 1. The number of amides is 1. The van der Waals surface area contributed by atoms with Crippen molar-refractivity contribution < 1.29 is 28.2 Å². The Morgan fingerprint density at radius 3 is 2.69 bits per heavy atom. The number of carbonyl (C=O) groups excluding carboxylic acids is 2. The highest BCUT2D eigenvalue weighted by molar-refractivity contribution is 5.94. The van der Waals surface area contributed by atoms with E-state index in [1.807, 2.05) is 0 Å². The number of anilines is 1. The second-order valence-corrected chi connectivity index (χ2v) is 5.37. The second-order valence-electron chi connectivity index (χ2n) is 5.37. The molecule has 0 fully saturated rings. The van der Waals surface area contributed by atoms with Crippen LogP contribution < -0.4 is 14.8 Å². The van der Waals surface area contributed by atoms with Crippen LogP contribution in [0.25, 0.3) is 6.08 Å². The number of rotatable bonds is 5. The molecule has 1 aliphatic heterocycles. The molecule has 1 heterocycles. The van der Waals surface area contributed by atoms with Gasteiger partial charge in [-0.2, -0.15) is 0 Å². The Morgan fingerprint density at radius 1 is 1.12 bits per heavy atom. The minimum Gasteiger partial charge on any atom is -0.486 e. The molecule has 1 N–H and O–H groups in total. The minimum atomic E-state index is -0.745. The van der Waals surface area contributed by atoms with E-state index in [4.69, 9.17) is 14.2 Å². The summed E-state index contributed by atoms with van der Waals surface area (Å²) in [6, 6.07) is 11.0. The van der Waals surface area contributed by atoms with Crippen molar-refractivity contribution >= 4 is 23.6 Å². The molecule has 0 aliphatic carbocycles. The maximum Gasteiger partial charge on any atom is 0.331 e. The highest BCUT2D eigenvalue weighted by atomic mass is 19.1. The number of fused-ring (bicyclic) bond motifs is 1. The van der Waals surface area contributed by atoms with Crippen LogP contribution in [0, 0.1) is 5.82 Å². The first-order chi connectivity index (χ1) is 12.6. The van der Waals surface area contributed by atoms with E-state index in [0.717, 1.165) is 6.08 Å². The molecule has 0 spiro atoms. The lowest BCUT2D eigenvalue weighted by atomic mass is 10.2. The Bertz CT molecular complexity index is 850. The summed E-state index contributed by atoms with van der Waals surface area (Å²) in [5, 5.41) is 2.59. The fraction of sp³-hybridized carbons (Fsp3) is 0.158. The molecular formula is C19H16FNO5. The molecule has 2 aromatic rings. The first-order valence-electron chi connectivity index (χ1n) is 7.91. The van der Waals surface area contributed by atoms with Gasteiger partial charge < -0.3 is 19.5 Å². The minimum absolute atomic E-state index is 0.255. The molecule has 2 aromatic carbocycles. The van der Waals surface area contributed by atoms with Gasteiger partial charge in [0.05, 0.1) is 0 Å². The van der Waals surface area contributed by atoms with Crippen LogP contribution in [0.15, 0.2) is 48.5 Å². The zero-order valence-electron chi connectivity index (χ0n) is 13.7. The lowest BCUT2D eigenvalue weighted by Crippen LogP contribution is -2.20. The van der Waals surface area contributed by atoms with Gasteiger partial charge in [0.2, 0.25) is 0 Å². The van der Waals surface area contributed by atoms with Crippen LogP contribution in [-0.2, 0) is 14.3 Å². The number of hydrogen-bond acceptors (Lipinski definition) is 5. The van der Waals surface area contributed by atoms with Crippen molar-refractivity contribution in [3.63, 3.8) is 0 Å². The van der Waals surface area contributed by atoms with Crippen LogP contribution in [0.3, 0.4) is 0 Å². The van der Waals surface area contributed by atoms with Crippen molar-refractivity contribution in [3.8, 4) is 11.5 Å². The highest BCUT2D eigenvalue weighted by Gasteiger charge is 2.13. The van der Waals surface area contributed by atoms with E-state index < -0.39 is 24.3 Å². The molecule has 0 aromatic heterocycles. The Labute approximate surface area is 149 Å². The maximum atomic E-state index is 13.4. The van der Waals surface area contributed by atoms with Gasteiger partial charge in [-0.15, -0.1) is 0 Å². The summed E-state index contributed by atoms with van der Waals surface area (Å²) in [4.78, 5) is 23.5. The van der Waals surface area contributed by atoms with Crippen LogP contribution in [0.5, 0.6) is 11.5 Å². The van der Waals surface area contributed by atoms with Crippen LogP contribution in [0.2, 0.25) is 0 Å². The van der Waals surface area contributed by atoms with Crippen molar-refractivity contribution in [2.24, 2.45) is 0 Å². The van der Waals surface area contributed by atoms with Crippen LogP contribution in [-0.4, -0.2) is 31.7 Å². The quantitative estimate of drug-likeness (QED) is 0.658. The van der Waals surface area contributed by atoms with Crippen molar-refractivity contribution in [1.29, 1.82) is 0 Å². The SMILES string of the molecule is O=C(COC(=O)/C=C/c1ccccc1F)Nc1ccc2c(c1)OCCO2. The zero-order valence-corrected chi connectivity index (χ0v) is 13.7. The van der Waals surface area contributed by atoms with Gasteiger partial charge in [-0.05, 0) is 24.3 Å². The molecule has 1 amide bonds. The molecule has 0 saturated carbocycles. The molecule has 26 heavy (non-hydrogen) atoms. The van der Waals surface area contributed by atoms with Crippen LogP contribution in [0.1, 0.15) is 5.56 Å². The van der Waals surface area contributed by atoms with Crippen LogP contribution >= 0.6 is 0 Å². The summed E-state index contributed by atoms with van der Waals surface area (Å²) in [6.07, 6.45) is 2.35. The van der Waals surface area contributed by atoms with E-state index in [-0.39, 0.29) is 5.56 Å². The van der Waals surface area contributed by atoms with E-state index in [0.29, 0.717) is 30.4 Å². The molecule has 1 aliphatic rings. The van der Waals surface area contributed by atoms with Gasteiger partial charge in [0, 0.05) is 23.4 Å². The van der Waals surface area contributed by atoms with E-state index in [2.05, 4.69) is 5.32 Å². The summed E-state index contributed by atoms with van der Waals surface area (Å²) in [5.41, 5.74) is 0.752. The standard InChI is InChI=1S/C19H16FNO5/c20-15-4-2-1-3-13(15)5-8-19(23)26-12-18(22)21-14-6-7-16-17(11-14)25-10-9-24-16/h1-8,11H,9-10,12H2,(H,21,22)/b8-5+. The van der Waals surface area contributed by atoms with Crippen molar-refractivity contribution in [3.05, 3.63) is 59.9 Å². The number of nitrogens with one attached hydrogen (secondary N) is 1. The third-order valence-corrected chi connectivity index (χ3v) is 3.48. The van der Waals surface area contributed by atoms with Crippen molar-refractivity contribution in [2.45, 2.75) is 0 Å². The van der Waals surface area contributed by atoms with Crippen LogP contribution in [0.4, 0.5) is 10.1 Å². The summed E-state index contributed by atoms with van der Waals surface area (Å²) in [5.74, 6) is -0.550. The first-order valence-corrected chi connectivity index (χ1v) is 7.91. The molecule has 7 heteroatoms. The zero-order chi connectivity index (χ0) is 18.4. The molecule has 0 saturated heterocycles. The number of hydrogen-bond donors (Lipinski definition) is 1. The van der Waals surface area contributed by atoms with E-state index in [1.54, 1.807) is 30.3 Å². The summed E-state index contributed by atoms with van der Waals surface area (Å²) in [6.45, 7) is 0.459. The molecular weight excluding hydrogens is 341 g/mol. The van der Waals surface area contributed by atoms with E-state index >= 15 is 0 Å². The van der Waals surface area contributed by atoms with Crippen molar-refractivity contribution in [2.75, 3.05) is 25.1 Å². The molecule has 6 nitrogen and oxygen atoms in total. The predicted molar refractivity (Wildman–Crippen MR) is 92.5 cm³/mol. The van der Waals surface area contributed by atoms with Gasteiger partial charge in [0.15, 0.2) is 18.1 Å². The largest absolute Gasteiger partial charge is 0.486 e. The number of halogens is 1. The van der Waals surface area contributed by atoms with E-state index in [1.165, 1.54) is 18.2 Å². The van der Waals surface area contributed by atoms with Gasteiger partial charge in [0.25, 0.3) is 5.91 Å². The molecule has 0 bridgehead atoms. The summed E-state index contributed by atoms with van der Waals surface area (Å²) >= 11 is 0. The number of benzene rings is 2. The molecule has 0 unspecified atom stereocenters. The average molecular weight is 357 g/mol. The normalized spacial score (nSPS) is 12.7. The van der Waals surface area contributed by atoms with Crippen molar-refractivity contribution in [1.82, 2.24) is 0 Å². The third kappa shape index (κ3) is 4.60. The average Bonchev–Trinajstić information content (AvgIpc) is 2.65. The fourth-order valence-electron chi connectivity index (χ4n) is 2.27. The van der Waals surface area contributed by atoms with Gasteiger partial charge >= 0.3 is 5.97 Å². The third-order valence-electron chi connectivity index (χ3n) is 3.48. The van der Waals surface area contributed by atoms with Gasteiger partial charge in [-0.1, -0.05) is 18.2 Å². The molecule has 0 radical (unpaired) electrons. The Hall–Kier alpha value is -3.35. The van der Waals surface area contributed by atoms with Gasteiger partial charge in [-0.3, -0.25) is 4.79 Å². The first kappa shape index (κ1) is 17.5. The second kappa shape index (κ2) is 8.15. The Balaban J connectivity index is 1.49. The van der Waals surface area contributed by atoms with Gasteiger partial charge in [-0.25, -0.2) is 9.18 Å². The summed E-state index contributed by atoms with van der Waals surface area (Å²) in [7, 11) is 0. The topological polar surface area (TPSA) is 73.9 Å². The Morgan fingerprint density at radius 2 is 1.88 bits per heavy atom. The van der Waals surface area contributed by atoms with Gasteiger partial charge in [0.1, 0.15) is 19.0 Å². The number of carbonyl (C=O) groups is 2. The highest BCUT2D eigenvalue weighted by Crippen LogP contribution is 2.32. The molecule has 3 rings (SSSR count). The molecule has 134 valence electrons. The monoisotopic (exact) mass is 357 g/mol. The smallest absolute Gasteiger partial charge is 0.331 e. The fourth-order valence-corrected chi connectivity index (χ4v) is 2.27. The summed E-state index contributed by atoms with van der Waals surface area (Å²) < 4.78 is 29.1. The number of ether oxygens (including phenoxy) is 3. The molecule has 0 atom stereocenters. The lowest BCUT2D eigenvalue weighted by Gasteiger charge is -2.18. The predicted octanol–water partition coefficient (Wildman–Crippen LogP) is 2.79. The maximum absolute atomic E-state index is 13.4. The van der Waals surface area contributed by atoms with E-state index in [9.17, 15) is 14.0 Å².